The van der Waals surface area contributed by atoms with Crippen molar-refractivity contribution in [3.05, 3.63) is 62.7 Å². The van der Waals surface area contributed by atoms with Crippen molar-refractivity contribution in [2.45, 2.75) is 135 Å². The van der Waals surface area contributed by atoms with Gasteiger partial charge in [0.2, 0.25) is 0 Å². The van der Waals surface area contributed by atoms with Crippen LogP contribution < -0.4 is 11.2 Å². The van der Waals surface area contributed by atoms with Gasteiger partial charge < -0.3 is 14.6 Å². The van der Waals surface area contributed by atoms with Gasteiger partial charge in [0, 0.05) is 37.0 Å². The maximum absolute atomic E-state index is 13.4. The van der Waals surface area contributed by atoms with Crippen LogP contribution in [0.4, 0.5) is 0 Å². The lowest BCUT2D eigenvalue weighted by Crippen LogP contribution is -2.43. The maximum atomic E-state index is 13.4. The number of nitrogens with one attached hydrogen (secondary N) is 1. The Bertz CT molecular complexity index is 1230. The van der Waals surface area contributed by atoms with Crippen LogP contribution in [0.15, 0.2) is 40.3 Å². The molecule has 42 heavy (non-hydrogen) atoms. The van der Waals surface area contributed by atoms with Crippen LogP contribution in [0.3, 0.4) is 0 Å². The minimum Gasteiger partial charge on any atom is -0.448 e. The molecule has 10 nitrogen and oxygen atoms in total. The summed E-state index contributed by atoms with van der Waals surface area (Å²) in [5, 5.41) is 10.9. The van der Waals surface area contributed by atoms with Crippen LogP contribution in [0.5, 0.6) is 0 Å². The highest BCUT2D eigenvalue weighted by Crippen LogP contribution is 2.32. The molecule has 1 saturated heterocycles. The molecule has 0 aromatic carbocycles. The van der Waals surface area contributed by atoms with Crippen molar-refractivity contribution in [3.8, 4) is 0 Å². The van der Waals surface area contributed by atoms with Gasteiger partial charge in [-0.15, -0.1) is 0 Å². The molecule has 0 aliphatic carbocycles. The fourth-order valence-corrected chi connectivity index (χ4v) is 5.36. The van der Waals surface area contributed by atoms with Gasteiger partial charge in [-0.1, -0.05) is 84.0 Å². The van der Waals surface area contributed by atoms with Crippen molar-refractivity contribution in [2.24, 2.45) is 0 Å². The predicted molar refractivity (Wildman–Crippen MR) is 159 cm³/mol. The minimum absolute atomic E-state index is 0.0109. The van der Waals surface area contributed by atoms with Crippen molar-refractivity contribution in [3.63, 3.8) is 0 Å². The molecule has 3 rings (SSSR count). The third-order valence-electron chi connectivity index (χ3n) is 7.87. The number of aliphatic hydroxyl groups excluding tert-OH is 1. The van der Waals surface area contributed by atoms with Crippen molar-refractivity contribution >= 4 is 11.8 Å². The predicted octanol–water partition coefficient (Wildman–Crippen LogP) is 5.16. The number of H-pyrrole nitrogens is 1. The molecule has 0 bridgehead atoms. The number of esters is 1. The number of aliphatic hydroxyl groups is 1. The quantitative estimate of drug-likeness (QED) is 0.170. The summed E-state index contributed by atoms with van der Waals surface area (Å²) in [4.78, 5) is 56.5. The number of aryl methyl sites for hydroxylation is 1. The normalized spacial score (nSPS) is 19.1. The van der Waals surface area contributed by atoms with E-state index < -0.39 is 41.8 Å². The number of rotatable bonds is 19. The first-order valence-corrected chi connectivity index (χ1v) is 15.6. The van der Waals surface area contributed by atoms with Crippen molar-refractivity contribution in [1.29, 1.82) is 0 Å². The molecular formula is C32H47N3O7. The van der Waals surface area contributed by atoms with Gasteiger partial charge in [-0.3, -0.25) is 24.1 Å². The maximum Gasteiger partial charge on any atom is 0.340 e. The van der Waals surface area contributed by atoms with Gasteiger partial charge in [0.15, 0.2) is 11.9 Å². The third kappa shape index (κ3) is 10.3. The summed E-state index contributed by atoms with van der Waals surface area (Å²) in [5.41, 5.74) is -0.727. The number of nitrogens with zero attached hydrogens (tertiary/aromatic N) is 2. The molecule has 2 aromatic rings. The van der Waals surface area contributed by atoms with E-state index in [0.29, 0.717) is 12.0 Å². The van der Waals surface area contributed by atoms with Crippen LogP contribution in [-0.2, 0) is 14.3 Å². The molecule has 1 aliphatic heterocycles. The lowest BCUT2D eigenvalue weighted by atomic mass is 9.99. The van der Waals surface area contributed by atoms with Gasteiger partial charge in [-0.25, -0.2) is 9.59 Å². The van der Waals surface area contributed by atoms with E-state index in [1.54, 1.807) is 13.0 Å². The Kier molecular flexibility index (Phi) is 14.1. The van der Waals surface area contributed by atoms with Gasteiger partial charge >= 0.3 is 11.7 Å². The van der Waals surface area contributed by atoms with E-state index in [4.69, 9.17) is 9.47 Å². The van der Waals surface area contributed by atoms with E-state index >= 15 is 0 Å². The number of carbonyl (C=O) groups is 2. The third-order valence-corrected chi connectivity index (χ3v) is 7.87. The lowest BCUT2D eigenvalue weighted by molar-refractivity contribution is -0.142. The fourth-order valence-electron chi connectivity index (χ4n) is 5.36. The Balaban J connectivity index is 1.52. The van der Waals surface area contributed by atoms with Gasteiger partial charge in [0.1, 0.15) is 12.3 Å². The van der Waals surface area contributed by atoms with E-state index in [-0.39, 0.29) is 24.2 Å². The van der Waals surface area contributed by atoms with Crippen LogP contribution in [0.2, 0.25) is 0 Å². The zero-order chi connectivity index (χ0) is 30.3. The van der Waals surface area contributed by atoms with Crippen LogP contribution in [0, 0.1) is 6.92 Å². The second-order valence-corrected chi connectivity index (χ2v) is 11.4. The van der Waals surface area contributed by atoms with E-state index in [1.165, 1.54) is 87.0 Å². The molecule has 2 N–H and O–H groups in total. The summed E-state index contributed by atoms with van der Waals surface area (Å²) in [5.74, 6) is -1.09. The first-order chi connectivity index (χ1) is 20.3. The number of aromatic nitrogens is 3. The number of ether oxygens (including phenoxy) is 2. The first kappa shape index (κ1) is 33.4. The second-order valence-electron chi connectivity index (χ2n) is 11.4. The highest BCUT2D eigenvalue weighted by molar-refractivity contribution is 5.92. The smallest absolute Gasteiger partial charge is 0.340 e. The summed E-state index contributed by atoms with van der Waals surface area (Å²) in [6, 6.07) is 3.11. The van der Waals surface area contributed by atoms with Crippen molar-refractivity contribution < 1.29 is 24.2 Å². The van der Waals surface area contributed by atoms with Gasteiger partial charge in [-0.2, -0.15) is 0 Å². The highest BCUT2D eigenvalue weighted by atomic mass is 16.6. The summed E-state index contributed by atoms with van der Waals surface area (Å²) in [6.45, 7) is 3.79. The Morgan fingerprint density at radius 2 is 1.67 bits per heavy atom. The second kappa shape index (κ2) is 17.8. The topological polar surface area (TPSA) is 141 Å². The Hall–Kier alpha value is -3.11. The number of Topliss-reactive ketones (excluding diaryl/α,β-unsaturated/α-hetero) is 1. The van der Waals surface area contributed by atoms with Gasteiger partial charge in [-0.05, 0) is 25.5 Å². The van der Waals surface area contributed by atoms with E-state index in [9.17, 15) is 24.3 Å². The largest absolute Gasteiger partial charge is 0.448 e. The Morgan fingerprint density at radius 3 is 2.26 bits per heavy atom. The average Bonchev–Trinajstić information content (AvgIpc) is 3.36. The molecule has 10 heteroatoms. The van der Waals surface area contributed by atoms with E-state index in [0.717, 1.165) is 19.3 Å². The average molecular weight is 586 g/mol. The summed E-state index contributed by atoms with van der Waals surface area (Å²) in [6.07, 6.45) is 15.1. The molecule has 1 fully saturated rings. The monoisotopic (exact) mass is 585 g/mol. The number of aromatic amines is 1. The summed E-state index contributed by atoms with van der Waals surface area (Å²) < 4.78 is 12.7. The molecule has 1 unspecified atom stereocenters. The van der Waals surface area contributed by atoms with E-state index in [2.05, 4.69) is 16.9 Å². The molecule has 2 aromatic heterocycles. The lowest BCUT2D eigenvalue weighted by Gasteiger charge is -2.25. The van der Waals surface area contributed by atoms with Crippen LogP contribution in [-0.4, -0.2) is 49.7 Å². The molecule has 0 radical (unpaired) electrons. The molecule has 0 amide bonds. The molecule has 4 atom stereocenters. The molecular weight excluding hydrogens is 538 g/mol. The number of pyridine rings is 1. The Morgan fingerprint density at radius 1 is 1.05 bits per heavy atom. The number of hydrogen-bond acceptors (Lipinski definition) is 8. The standard InChI is InChI=1S/C32H47N3O7/c1-3-4-5-6-7-8-9-10-11-12-13-14-15-18-25(36)28(42-31(39)24-17-16-19-33-21-24)29-26(37)20-27(41-29)35-22-23(2)30(38)34-32(35)40/h16-17,19,21-22,26-29,37H,3-15,18,20H2,1-2H3,(H,34,38,40)/t26-,27+,28?,29-/m0/s1. The molecule has 3 heterocycles. The van der Waals surface area contributed by atoms with Crippen LogP contribution in [0.25, 0.3) is 0 Å². The van der Waals surface area contributed by atoms with Crippen LogP contribution >= 0.6 is 0 Å². The molecule has 1 aliphatic rings. The molecule has 0 spiro atoms. The van der Waals surface area contributed by atoms with Gasteiger partial charge in [0.05, 0.1) is 11.7 Å². The van der Waals surface area contributed by atoms with E-state index in [1.807, 2.05) is 0 Å². The zero-order valence-electron chi connectivity index (χ0n) is 25.1. The van der Waals surface area contributed by atoms with Crippen molar-refractivity contribution in [2.75, 3.05) is 0 Å². The zero-order valence-corrected chi connectivity index (χ0v) is 25.1. The summed E-state index contributed by atoms with van der Waals surface area (Å²) >= 11 is 0. The number of carbonyl (C=O) groups excluding carboxylic acids is 2. The number of ketones is 1. The number of unbranched alkanes of at least 4 members (excludes halogenated alkanes) is 12. The molecule has 232 valence electrons. The minimum atomic E-state index is -1.35. The summed E-state index contributed by atoms with van der Waals surface area (Å²) in [7, 11) is 0. The number of hydrogen-bond donors (Lipinski definition) is 2. The Labute approximate surface area is 247 Å². The first-order valence-electron chi connectivity index (χ1n) is 15.6. The fraction of sp³-hybridized carbons (Fsp3) is 0.656. The highest BCUT2D eigenvalue weighted by Gasteiger charge is 2.45. The SMILES string of the molecule is CCCCCCCCCCCCCCCC(=O)C(OC(=O)c1cccnc1)[C@H]1O[C@@H](n2cc(C)c(=O)[nH]c2=O)C[C@@H]1O. The molecule has 0 saturated carbocycles. The van der Waals surface area contributed by atoms with Crippen LogP contribution in [0.1, 0.15) is 125 Å². The van der Waals surface area contributed by atoms with Crippen molar-refractivity contribution in [1.82, 2.24) is 14.5 Å². The van der Waals surface area contributed by atoms with Gasteiger partial charge in [0.25, 0.3) is 5.56 Å².